The number of aromatic hydroxyl groups is 2. The molecule has 0 saturated heterocycles. The quantitative estimate of drug-likeness (QED) is 0.457. The van der Waals surface area contributed by atoms with Crippen molar-refractivity contribution in [3.05, 3.63) is 17.7 Å². The summed E-state index contributed by atoms with van der Waals surface area (Å²) >= 11 is 0. The van der Waals surface area contributed by atoms with E-state index in [1.54, 1.807) is 12.1 Å². The second-order valence-corrected chi connectivity index (χ2v) is 5.46. The Morgan fingerprint density at radius 2 is 1.64 bits per heavy atom. The van der Waals surface area contributed by atoms with Crippen molar-refractivity contribution in [2.45, 2.75) is 26.2 Å². The van der Waals surface area contributed by atoms with Crippen LogP contribution in [0.1, 0.15) is 26.3 Å². The van der Waals surface area contributed by atoms with Crippen molar-refractivity contribution in [1.82, 2.24) is 0 Å². The van der Waals surface area contributed by atoms with Crippen molar-refractivity contribution in [3.8, 4) is 11.5 Å². The standard InChI is InChI=1S/C10H16O3Si/c1-10(2,3)6-4-5-7(14-13)9(12)8(6)11/h4-5,11-13H,14H2,1-3H3. The molecule has 78 valence electrons. The molecule has 0 radical (unpaired) electrons. The topological polar surface area (TPSA) is 60.7 Å². The van der Waals surface area contributed by atoms with Crippen LogP contribution in [0.4, 0.5) is 0 Å². The summed E-state index contributed by atoms with van der Waals surface area (Å²) in [6.07, 6.45) is 0. The maximum Gasteiger partial charge on any atom is 0.192 e. The Morgan fingerprint density at radius 3 is 2.07 bits per heavy atom. The van der Waals surface area contributed by atoms with Crippen LogP contribution in [0.3, 0.4) is 0 Å². The van der Waals surface area contributed by atoms with Crippen LogP contribution in [-0.2, 0) is 5.41 Å². The lowest BCUT2D eigenvalue weighted by Crippen LogP contribution is -2.18. The summed E-state index contributed by atoms with van der Waals surface area (Å²) in [5.74, 6) is -0.261. The van der Waals surface area contributed by atoms with Gasteiger partial charge in [-0.25, -0.2) is 0 Å². The van der Waals surface area contributed by atoms with Gasteiger partial charge in [-0.05, 0) is 5.41 Å². The first-order valence-electron chi connectivity index (χ1n) is 4.53. The Balaban J connectivity index is 3.31. The van der Waals surface area contributed by atoms with Crippen LogP contribution in [0.25, 0.3) is 0 Å². The van der Waals surface area contributed by atoms with Gasteiger partial charge in [-0.15, -0.1) is 0 Å². The fourth-order valence-corrected chi connectivity index (χ4v) is 1.89. The van der Waals surface area contributed by atoms with Gasteiger partial charge in [0.15, 0.2) is 21.3 Å². The van der Waals surface area contributed by atoms with Crippen molar-refractivity contribution in [2.75, 3.05) is 0 Å². The third-order valence-corrected chi connectivity index (χ3v) is 3.12. The second-order valence-electron chi connectivity index (χ2n) is 4.38. The highest BCUT2D eigenvalue weighted by atomic mass is 28.2. The van der Waals surface area contributed by atoms with Crippen molar-refractivity contribution in [3.63, 3.8) is 0 Å². The van der Waals surface area contributed by atoms with Gasteiger partial charge in [0.2, 0.25) is 0 Å². The molecular formula is C10H16O3Si. The molecule has 0 aliphatic heterocycles. The normalized spacial score (nSPS) is 12.6. The van der Waals surface area contributed by atoms with Crippen LogP contribution in [0.5, 0.6) is 11.5 Å². The molecule has 0 aliphatic carbocycles. The van der Waals surface area contributed by atoms with E-state index in [9.17, 15) is 10.2 Å². The molecule has 14 heavy (non-hydrogen) atoms. The summed E-state index contributed by atoms with van der Waals surface area (Å²) in [4.78, 5) is 9.00. The summed E-state index contributed by atoms with van der Waals surface area (Å²) in [6.45, 7) is 5.87. The number of benzene rings is 1. The van der Waals surface area contributed by atoms with Crippen LogP contribution in [-0.4, -0.2) is 24.8 Å². The van der Waals surface area contributed by atoms with Crippen LogP contribution in [0.15, 0.2) is 12.1 Å². The Hall–Kier alpha value is -1.00. The van der Waals surface area contributed by atoms with E-state index in [1.165, 1.54) is 0 Å². The maximum absolute atomic E-state index is 9.71. The van der Waals surface area contributed by atoms with Crippen LogP contribution < -0.4 is 5.19 Å². The van der Waals surface area contributed by atoms with Gasteiger partial charge >= 0.3 is 0 Å². The third kappa shape index (κ3) is 1.91. The van der Waals surface area contributed by atoms with E-state index >= 15 is 0 Å². The molecule has 0 aromatic heterocycles. The molecule has 0 unspecified atom stereocenters. The minimum absolute atomic E-state index is 0.100. The molecule has 0 aliphatic rings. The second kappa shape index (κ2) is 3.63. The van der Waals surface area contributed by atoms with Gasteiger partial charge in [-0.1, -0.05) is 32.9 Å². The van der Waals surface area contributed by atoms with Gasteiger partial charge in [0.25, 0.3) is 0 Å². The van der Waals surface area contributed by atoms with Gasteiger partial charge in [0.1, 0.15) is 0 Å². The van der Waals surface area contributed by atoms with E-state index in [0.717, 1.165) is 0 Å². The zero-order valence-electron chi connectivity index (χ0n) is 8.70. The summed E-state index contributed by atoms with van der Waals surface area (Å²) in [6, 6.07) is 3.44. The molecule has 4 heteroatoms. The minimum Gasteiger partial charge on any atom is -0.504 e. The highest BCUT2D eigenvalue weighted by Gasteiger charge is 2.21. The zero-order chi connectivity index (χ0) is 10.9. The summed E-state index contributed by atoms with van der Waals surface area (Å²) < 4.78 is 0. The molecule has 3 N–H and O–H groups in total. The molecule has 0 heterocycles. The Bertz CT molecular complexity index is 342. The number of hydrogen-bond donors (Lipinski definition) is 3. The van der Waals surface area contributed by atoms with Crippen molar-refractivity contribution < 1.29 is 15.0 Å². The van der Waals surface area contributed by atoms with Crippen molar-refractivity contribution in [1.29, 1.82) is 0 Å². The fraction of sp³-hybridized carbons (Fsp3) is 0.400. The van der Waals surface area contributed by atoms with E-state index in [2.05, 4.69) is 0 Å². The molecule has 1 aromatic carbocycles. The average molecular weight is 212 g/mol. The Kier molecular flexibility index (Phi) is 2.87. The molecule has 3 nitrogen and oxygen atoms in total. The molecule has 0 atom stereocenters. The molecule has 1 aromatic rings. The third-order valence-electron chi connectivity index (χ3n) is 2.21. The first-order valence-corrected chi connectivity index (χ1v) is 5.87. The maximum atomic E-state index is 9.71. The lowest BCUT2D eigenvalue weighted by atomic mass is 9.86. The zero-order valence-corrected chi connectivity index (χ0v) is 10.1. The molecular weight excluding hydrogens is 196 g/mol. The van der Waals surface area contributed by atoms with Gasteiger partial charge < -0.3 is 15.0 Å². The number of phenols is 2. The number of hydrogen-bond acceptors (Lipinski definition) is 3. The molecule has 0 fully saturated rings. The van der Waals surface area contributed by atoms with Crippen LogP contribution >= 0.6 is 0 Å². The SMILES string of the molecule is CC(C)(C)c1ccc([SiH2]O)c(O)c1O. The van der Waals surface area contributed by atoms with E-state index in [0.29, 0.717) is 10.8 Å². The van der Waals surface area contributed by atoms with E-state index < -0.39 is 9.76 Å². The van der Waals surface area contributed by atoms with E-state index in [4.69, 9.17) is 4.80 Å². The lowest BCUT2D eigenvalue weighted by Gasteiger charge is -2.21. The molecule has 0 saturated carbocycles. The van der Waals surface area contributed by atoms with Crippen LogP contribution in [0.2, 0.25) is 0 Å². The Labute approximate surface area is 86.0 Å². The van der Waals surface area contributed by atoms with E-state index in [-0.39, 0.29) is 16.9 Å². The lowest BCUT2D eigenvalue weighted by molar-refractivity contribution is 0.391. The predicted octanol–water partition coefficient (Wildman–Crippen LogP) is 0.0967. The first-order chi connectivity index (χ1) is 6.38. The smallest absolute Gasteiger partial charge is 0.192 e. The molecule has 0 bridgehead atoms. The molecule has 0 spiro atoms. The highest BCUT2D eigenvalue weighted by molar-refractivity contribution is 6.47. The summed E-state index contributed by atoms with van der Waals surface area (Å²) in [5, 5.41) is 19.8. The highest BCUT2D eigenvalue weighted by Crippen LogP contribution is 2.35. The predicted molar refractivity (Wildman–Crippen MR) is 58.9 cm³/mol. The van der Waals surface area contributed by atoms with Gasteiger partial charge in [-0.2, -0.15) is 0 Å². The minimum atomic E-state index is -1.43. The first kappa shape index (κ1) is 11.1. The van der Waals surface area contributed by atoms with Crippen LogP contribution in [0, 0.1) is 0 Å². The van der Waals surface area contributed by atoms with Crippen molar-refractivity contribution >= 4 is 14.9 Å². The largest absolute Gasteiger partial charge is 0.504 e. The number of phenolic OH excluding ortho intramolecular Hbond substituents is 2. The van der Waals surface area contributed by atoms with Gasteiger partial charge in [-0.3, -0.25) is 0 Å². The number of rotatable bonds is 1. The van der Waals surface area contributed by atoms with Gasteiger partial charge in [0, 0.05) is 10.8 Å². The average Bonchev–Trinajstić information content (AvgIpc) is 2.07. The van der Waals surface area contributed by atoms with E-state index in [1.807, 2.05) is 20.8 Å². The summed E-state index contributed by atoms with van der Waals surface area (Å²) in [5.41, 5.74) is 0.484. The van der Waals surface area contributed by atoms with Gasteiger partial charge in [0.05, 0.1) is 0 Å². The van der Waals surface area contributed by atoms with Crippen molar-refractivity contribution in [2.24, 2.45) is 0 Å². The fourth-order valence-electron chi connectivity index (χ4n) is 1.35. The monoisotopic (exact) mass is 212 g/mol. The summed E-state index contributed by atoms with van der Waals surface area (Å²) in [7, 11) is -1.43. The molecule has 1 rings (SSSR count). The molecule has 0 amide bonds. The Morgan fingerprint density at radius 1 is 1.07 bits per heavy atom.